The second-order valence-corrected chi connectivity index (χ2v) is 17.1. The predicted octanol–water partition coefficient (Wildman–Crippen LogP) is 4.45. The molecule has 12 heteroatoms. The maximum atomic E-state index is 14.7. The van der Waals surface area contributed by atoms with Crippen molar-refractivity contribution < 1.29 is 28.8 Å². The van der Waals surface area contributed by atoms with Gasteiger partial charge in [-0.05, 0) is 79.2 Å². The van der Waals surface area contributed by atoms with Crippen molar-refractivity contribution in [1.29, 1.82) is 0 Å². The molecule has 5 rings (SSSR count). The molecule has 2 saturated heterocycles. The molecule has 12 nitrogen and oxygen atoms in total. The van der Waals surface area contributed by atoms with Crippen molar-refractivity contribution in [3.8, 4) is 0 Å². The zero-order valence-corrected chi connectivity index (χ0v) is 34.9. The van der Waals surface area contributed by atoms with E-state index in [9.17, 15) is 28.8 Å². The van der Waals surface area contributed by atoms with E-state index in [0.717, 1.165) is 24.0 Å². The first-order valence-corrected chi connectivity index (χ1v) is 20.3. The number of likely N-dealkylation sites (tertiary alicyclic amines) is 2. The Bertz CT molecular complexity index is 1510. The summed E-state index contributed by atoms with van der Waals surface area (Å²) in [5.74, 6) is -1.90. The minimum Gasteiger partial charge on any atom is -0.350 e. The Morgan fingerprint density at radius 1 is 0.964 bits per heavy atom. The molecule has 1 aromatic carbocycles. The summed E-state index contributed by atoms with van der Waals surface area (Å²) in [6, 6.07) is 4.75. The van der Waals surface area contributed by atoms with Crippen LogP contribution < -0.4 is 21.3 Å². The molecule has 0 aromatic heterocycles. The average molecular weight is 765 g/mol. The van der Waals surface area contributed by atoms with Gasteiger partial charge in [0.15, 0.2) is 5.78 Å². The predicted molar refractivity (Wildman–Crippen MR) is 216 cm³/mol. The summed E-state index contributed by atoms with van der Waals surface area (Å²) in [6.07, 6.45) is 4.79. The van der Waals surface area contributed by atoms with Gasteiger partial charge in [0, 0.05) is 32.6 Å². The number of likely N-dealkylation sites (N-methyl/N-ethyl adjacent to an activating group) is 1. The molecule has 306 valence electrons. The highest BCUT2D eigenvalue weighted by Gasteiger charge is 2.69. The number of urea groups is 1. The molecule has 2 heterocycles. The van der Waals surface area contributed by atoms with E-state index in [0.29, 0.717) is 45.4 Å². The van der Waals surface area contributed by atoms with Crippen LogP contribution in [0.1, 0.15) is 99.1 Å². The van der Waals surface area contributed by atoms with Crippen LogP contribution >= 0.6 is 0 Å². The molecular formula is C43H68N6O6. The Morgan fingerprint density at radius 2 is 1.56 bits per heavy atom. The van der Waals surface area contributed by atoms with Crippen molar-refractivity contribution >= 4 is 35.3 Å². The van der Waals surface area contributed by atoms with Crippen molar-refractivity contribution in [3.05, 3.63) is 48.6 Å². The van der Waals surface area contributed by atoms with Crippen LogP contribution in [-0.2, 0) is 36.8 Å². The fraction of sp³-hybridized carbons (Fsp3) is 0.674. The Balaban J connectivity index is 0.00000155. The number of amides is 5. The molecule has 0 radical (unpaired) electrons. The van der Waals surface area contributed by atoms with Gasteiger partial charge in [-0.1, -0.05) is 79.2 Å². The van der Waals surface area contributed by atoms with Gasteiger partial charge in [-0.2, -0.15) is 0 Å². The molecule has 2 aliphatic heterocycles. The topological polar surface area (TPSA) is 157 Å². The third kappa shape index (κ3) is 11.0. The molecule has 1 saturated carbocycles. The number of hydrogen-bond acceptors (Lipinski definition) is 7. The van der Waals surface area contributed by atoms with Crippen molar-refractivity contribution in [3.63, 3.8) is 0 Å². The van der Waals surface area contributed by atoms with Gasteiger partial charge in [0.05, 0.1) is 24.7 Å². The zero-order valence-electron chi connectivity index (χ0n) is 34.9. The highest BCUT2D eigenvalue weighted by atomic mass is 16.2. The molecule has 0 bridgehead atoms. The third-order valence-corrected chi connectivity index (χ3v) is 11.6. The highest BCUT2D eigenvalue weighted by molar-refractivity contribution is 6.38. The number of benzene rings is 1. The van der Waals surface area contributed by atoms with Gasteiger partial charge in [0.1, 0.15) is 6.04 Å². The van der Waals surface area contributed by atoms with Gasteiger partial charge >= 0.3 is 6.03 Å². The van der Waals surface area contributed by atoms with Gasteiger partial charge in [0.25, 0.3) is 5.91 Å². The van der Waals surface area contributed by atoms with E-state index in [1.54, 1.807) is 18.7 Å². The number of carbonyl (C=O) groups is 6. The van der Waals surface area contributed by atoms with Gasteiger partial charge in [-0.25, -0.2) is 4.79 Å². The normalized spacial score (nSPS) is 22.6. The van der Waals surface area contributed by atoms with Crippen LogP contribution in [0.5, 0.6) is 0 Å². The molecule has 1 aromatic rings. The first-order valence-electron chi connectivity index (χ1n) is 20.3. The lowest BCUT2D eigenvalue weighted by Gasteiger charge is -2.38. The Kier molecular flexibility index (Phi) is 16.2. The average Bonchev–Trinajstić information content (AvgIpc) is 3.49. The van der Waals surface area contributed by atoms with E-state index >= 15 is 0 Å². The monoisotopic (exact) mass is 765 g/mol. The van der Waals surface area contributed by atoms with Gasteiger partial charge in [0.2, 0.25) is 17.6 Å². The summed E-state index contributed by atoms with van der Waals surface area (Å²) in [7, 11) is 0. The van der Waals surface area contributed by atoms with Crippen LogP contribution in [0.4, 0.5) is 4.79 Å². The Labute approximate surface area is 329 Å². The number of ketones is 2. The highest BCUT2D eigenvalue weighted by Crippen LogP contribution is 2.65. The number of carbonyl (C=O) groups excluding carboxylic acids is 6. The number of Topliss-reactive ketones (excluding diaryl/α,β-unsaturated/α-hetero) is 2. The molecule has 2 aliphatic carbocycles. The minimum absolute atomic E-state index is 0.0437. The van der Waals surface area contributed by atoms with Gasteiger partial charge in [-0.15, -0.1) is 13.2 Å². The van der Waals surface area contributed by atoms with E-state index in [1.807, 2.05) is 37.8 Å². The second kappa shape index (κ2) is 19.7. The summed E-state index contributed by atoms with van der Waals surface area (Å²) < 4.78 is 0. The zero-order chi connectivity index (χ0) is 41.2. The van der Waals surface area contributed by atoms with Crippen LogP contribution in [0.3, 0.4) is 0 Å². The van der Waals surface area contributed by atoms with Gasteiger partial charge in [-0.3, -0.25) is 24.0 Å². The van der Waals surface area contributed by atoms with Crippen molar-refractivity contribution in [2.45, 2.75) is 125 Å². The fourth-order valence-corrected chi connectivity index (χ4v) is 8.32. The van der Waals surface area contributed by atoms with Crippen LogP contribution in [0.2, 0.25) is 0 Å². The summed E-state index contributed by atoms with van der Waals surface area (Å²) in [4.78, 5) is 83.2. The summed E-state index contributed by atoms with van der Waals surface area (Å²) in [6.45, 7) is 25.4. The van der Waals surface area contributed by atoms with Crippen molar-refractivity contribution in [2.75, 3.05) is 32.7 Å². The molecule has 4 N–H and O–H groups in total. The fourth-order valence-electron chi connectivity index (χ4n) is 8.32. The van der Waals surface area contributed by atoms with Crippen molar-refractivity contribution in [2.24, 2.45) is 28.6 Å². The lowest BCUT2D eigenvalue weighted by atomic mass is 9.86. The van der Waals surface area contributed by atoms with Crippen LogP contribution in [-0.4, -0.2) is 102 Å². The molecule has 3 fully saturated rings. The number of rotatable bonds is 13. The number of nitrogens with zero attached hydrogens (tertiary/aromatic N) is 2. The van der Waals surface area contributed by atoms with Crippen molar-refractivity contribution in [1.82, 2.24) is 31.1 Å². The molecule has 5 amide bonds. The van der Waals surface area contributed by atoms with Gasteiger partial charge < -0.3 is 31.1 Å². The maximum absolute atomic E-state index is 14.7. The van der Waals surface area contributed by atoms with E-state index in [2.05, 4.69) is 74.3 Å². The summed E-state index contributed by atoms with van der Waals surface area (Å²) in [5.41, 5.74) is 1.79. The standard InChI is InChI=1S/C38H56N6O6.C3H8.C2H4/c1-8-39-34(48)33(47)22(2)40-19-27(45)32-30-26(38(30,6)7)20-44(32)35(49)31(25-17-23-13-9-10-14-24(23)18-25)42-36(50)41-28(37(3,4)5)21-43-16-12-11-15-29(43)46;1-3-2;1-2/h9-10,13-14,22,25-26,28,30-32,40H,8,11-12,15-21H2,1-7H3,(H,39,48)(H2,41,42,50);3H2,1-2H3;1-2H2/t22?,26?,28-,30?,31+,32-;;/m1../s1. The largest absolute Gasteiger partial charge is 0.350 e. The minimum atomic E-state index is -0.887. The summed E-state index contributed by atoms with van der Waals surface area (Å²) in [5, 5.41) is 11.6. The van der Waals surface area contributed by atoms with Crippen LogP contribution in [0.25, 0.3) is 0 Å². The lowest BCUT2D eigenvalue weighted by molar-refractivity contribution is -0.142. The third-order valence-electron chi connectivity index (χ3n) is 11.6. The number of piperidine rings is 2. The van der Waals surface area contributed by atoms with E-state index in [4.69, 9.17) is 0 Å². The molecule has 55 heavy (non-hydrogen) atoms. The molecular weight excluding hydrogens is 697 g/mol. The second-order valence-electron chi connectivity index (χ2n) is 17.1. The molecule has 0 spiro atoms. The number of hydrogen-bond donors (Lipinski definition) is 4. The van der Waals surface area contributed by atoms with E-state index in [1.165, 1.54) is 6.42 Å². The number of fused-ring (bicyclic) bond motifs is 2. The quantitative estimate of drug-likeness (QED) is 0.171. The first kappa shape index (κ1) is 45.3. The molecule has 4 aliphatic rings. The first-order chi connectivity index (χ1) is 26.0. The van der Waals surface area contributed by atoms with E-state index < -0.39 is 35.8 Å². The number of nitrogens with one attached hydrogen (secondary N) is 4. The molecule has 3 unspecified atom stereocenters. The van der Waals surface area contributed by atoms with E-state index in [-0.39, 0.29) is 58.8 Å². The smallest absolute Gasteiger partial charge is 0.315 e. The maximum Gasteiger partial charge on any atom is 0.315 e. The Morgan fingerprint density at radius 3 is 2.11 bits per heavy atom. The van der Waals surface area contributed by atoms with Crippen LogP contribution in [0, 0.1) is 28.6 Å². The Hall–Kier alpha value is -4.06. The summed E-state index contributed by atoms with van der Waals surface area (Å²) >= 11 is 0. The van der Waals surface area contributed by atoms with Crippen LogP contribution in [0.15, 0.2) is 37.4 Å². The molecule has 6 atom stereocenters. The lowest BCUT2D eigenvalue weighted by Crippen LogP contribution is -2.61. The SMILES string of the molecule is C=C.CCC.CCNC(=O)C(=O)C(C)NCC(=O)[C@@H]1C2C(CN1C(=O)[C@@H](NC(=O)N[C@H](CN1CCCCC1=O)C(C)(C)C)C1Cc3ccccc3C1)C2(C)C.